The van der Waals surface area contributed by atoms with E-state index in [-0.39, 0.29) is 18.3 Å². The molecule has 0 spiro atoms. The van der Waals surface area contributed by atoms with Crippen molar-refractivity contribution in [3.8, 4) is 0 Å². The maximum atomic E-state index is 6.24. The van der Waals surface area contributed by atoms with E-state index in [9.17, 15) is 0 Å². The molecule has 0 saturated carbocycles. The lowest BCUT2D eigenvalue weighted by Crippen LogP contribution is -2.49. The van der Waals surface area contributed by atoms with Crippen molar-refractivity contribution >= 4 is 0 Å². The Bertz CT molecular complexity index is 446. The molecule has 152 valence electrons. The molecule has 3 fully saturated rings. The van der Waals surface area contributed by atoms with E-state index < -0.39 is 11.6 Å². The first kappa shape index (κ1) is 20.5. The fraction of sp³-hybridized carbons (Fsp3) is 1.00. The number of epoxide rings is 1. The molecule has 0 aliphatic carbocycles. The van der Waals surface area contributed by atoms with E-state index in [1.165, 1.54) is 19.3 Å². The highest BCUT2D eigenvalue weighted by Crippen LogP contribution is 2.36. The molecule has 0 radical (unpaired) electrons. The fourth-order valence-electron chi connectivity index (χ4n) is 4.46. The van der Waals surface area contributed by atoms with E-state index in [0.29, 0.717) is 12.2 Å². The zero-order valence-electron chi connectivity index (χ0n) is 17.3. The Hall–Kier alpha value is -0.200. The molecule has 0 unspecified atom stereocenters. The molecule has 3 aliphatic heterocycles. The second-order valence-electron chi connectivity index (χ2n) is 9.15. The average Bonchev–Trinajstić information content (AvgIpc) is 3.28. The first-order valence-electron chi connectivity index (χ1n) is 10.6. The minimum atomic E-state index is -0.538. The molecule has 0 amide bonds. The van der Waals surface area contributed by atoms with Crippen molar-refractivity contribution in [2.75, 3.05) is 6.61 Å². The van der Waals surface area contributed by atoms with E-state index in [2.05, 4.69) is 6.92 Å². The summed E-state index contributed by atoms with van der Waals surface area (Å²) >= 11 is 0. The van der Waals surface area contributed by atoms with Crippen molar-refractivity contribution < 1.29 is 23.7 Å². The molecule has 26 heavy (non-hydrogen) atoms. The minimum Gasteiger partial charge on any atom is -0.373 e. The van der Waals surface area contributed by atoms with Gasteiger partial charge in [0.25, 0.3) is 0 Å². The van der Waals surface area contributed by atoms with Crippen molar-refractivity contribution in [1.29, 1.82) is 0 Å². The summed E-state index contributed by atoms with van der Waals surface area (Å²) in [4.78, 5) is 0. The van der Waals surface area contributed by atoms with Crippen LogP contribution in [0.4, 0.5) is 0 Å². The summed E-state index contributed by atoms with van der Waals surface area (Å²) in [5.74, 6) is -1.05. The van der Waals surface area contributed by atoms with Crippen LogP contribution in [0.1, 0.15) is 86.0 Å². The largest absolute Gasteiger partial charge is 0.373 e. The molecular weight excluding hydrogens is 332 g/mol. The van der Waals surface area contributed by atoms with E-state index in [4.69, 9.17) is 23.7 Å². The van der Waals surface area contributed by atoms with Gasteiger partial charge in [-0.15, -0.1) is 0 Å². The Morgan fingerprint density at radius 3 is 1.65 bits per heavy atom. The molecule has 0 N–H and O–H groups in total. The summed E-state index contributed by atoms with van der Waals surface area (Å²) in [6.45, 7) is 11.2. The SMILES string of the molecule is CCCCC[C@@H]1C[C@H](C[C@@H]2C[C@H](C[C@@H]3CO3)OC(C)(C)O2)OC(C)(C)O1. The maximum Gasteiger partial charge on any atom is 0.163 e. The second kappa shape index (κ2) is 8.44. The van der Waals surface area contributed by atoms with Crippen molar-refractivity contribution in [2.24, 2.45) is 0 Å². The molecule has 5 heteroatoms. The molecule has 3 saturated heterocycles. The summed E-state index contributed by atoms with van der Waals surface area (Å²) in [6, 6.07) is 0. The van der Waals surface area contributed by atoms with Crippen LogP contribution in [0.2, 0.25) is 0 Å². The van der Waals surface area contributed by atoms with Gasteiger partial charge in [-0.05, 0) is 34.1 Å². The van der Waals surface area contributed by atoms with Crippen LogP contribution < -0.4 is 0 Å². The average molecular weight is 371 g/mol. The Kier molecular flexibility index (Phi) is 6.66. The standard InChI is InChI=1S/C21H38O5/c1-6-7-8-9-15-10-16(24-20(2,3)23-15)11-17-12-18(13-19-14-22-19)26-21(4,5)25-17/h15-19H,6-14H2,1-5H3/t15-,16-,17-,18-,19-/m1/s1. The molecular formula is C21H38O5. The van der Waals surface area contributed by atoms with Crippen LogP contribution in [0.25, 0.3) is 0 Å². The molecule has 5 nitrogen and oxygen atoms in total. The molecule has 3 aliphatic rings. The third kappa shape index (κ3) is 6.45. The van der Waals surface area contributed by atoms with Gasteiger partial charge in [0, 0.05) is 25.7 Å². The molecule has 0 aromatic rings. The summed E-state index contributed by atoms with van der Waals surface area (Å²) in [5.41, 5.74) is 0. The van der Waals surface area contributed by atoms with Crippen molar-refractivity contribution in [2.45, 2.75) is 128 Å². The van der Waals surface area contributed by atoms with Gasteiger partial charge < -0.3 is 23.7 Å². The molecule has 3 rings (SSSR count). The smallest absolute Gasteiger partial charge is 0.163 e. The zero-order valence-corrected chi connectivity index (χ0v) is 17.3. The van der Waals surface area contributed by atoms with Gasteiger partial charge in [-0.25, -0.2) is 0 Å². The summed E-state index contributed by atoms with van der Waals surface area (Å²) in [6.07, 6.45) is 9.87. The first-order valence-corrected chi connectivity index (χ1v) is 10.6. The van der Waals surface area contributed by atoms with E-state index in [0.717, 1.165) is 38.7 Å². The van der Waals surface area contributed by atoms with E-state index in [1.54, 1.807) is 0 Å². The Labute approximate surface area is 159 Å². The van der Waals surface area contributed by atoms with Gasteiger partial charge in [0.15, 0.2) is 11.6 Å². The highest BCUT2D eigenvalue weighted by atomic mass is 16.7. The van der Waals surface area contributed by atoms with E-state index in [1.807, 2.05) is 27.7 Å². The number of hydrogen-bond acceptors (Lipinski definition) is 5. The van der Waals surface area contributed by atoms with Crippen LogP contribution in [0, 0.1) is 0 Å². The lowest BCUT2D eigenvalue weighted by Gasteiger charge is -2.45. The number of rotatable bonds is 8. The quantitative estimate of drug-likeness (QED) is 0.463. The third-order valence-corrected chi connectivity index (χ3v) is 5.44. The fourth-order valence-corrected chi connectivity index (χ4v) is 4.46. The Morgan fingerprint density at radius 2 is 1.15 bits per heavy atom. The molecule has 5 atom stereocenters. The van der Waals surface area contributed by atoms with Crippen LogP contribution in [0.5, 0.6) is 0 Å². The number of unbranched alkanes of at least 4 members (excludes halogenated alkanes) is 2. The topological polar surface area (TPSA) is 49.5 Å². The first-order chi connectivity index (χ1) is 12.2. The van der Waals surface area contributed by atoms with Gasteiger partial charge in [0.05, 0.1) is 37.1 Å². The van der Waals surface area contributed by atoms with Gasteiger partial charge in [-0.1, -0.05) is 26.2 Å². The summed E-state index contributed by atoms with van der Waals surface area (Å²) < 4.78 is 30.1. The third-order valence-electron chi connectivity index (χ3n) is 5.44. The van der Waals surface area contributed by atoms with Crippen LogP contribution >= 0.6 is 0 Å². The molecule has 3 heterocycles. The van der Waals surface area contributed by atoms with Crippen LogP contribution in [-0.4, -0.2) is 48.7 Å². The molecule has 0 bridgehead atoms. The second-order valence-corrected chi connectivity index (χ2v) is 9.15. The lowest BCUT2D eigenvalue weighted by atomic mass is 9.95. The minimum absolute atomic E-state index is 0.165. The van der Waals surface area contributed by atoms with Gasteiger partial charge in [-0.3, -0.25) is 0 Å². The lowest BCUT2D eigenvalue weighted by molar-refractivity contribution is -0.325. The van der Waals surface area contributed by atoms with E-state index >= 15 is 0 Å². The summed E-state index contributed by atoms with van der Waals surface area (Å²) in [7, 11) is 0. The zero-order chi connectivity index (χ0) is 18.8. The predicted molar refractivity (Wildman–Crippen MR) is 100 cm³/mol. The van der Waals surface area contributed by atoms with Crippen molar-refractivity contribution in [3.63, 3.8) is 0 Å². The normalized spacial score (nSPS) is 38.9. The predicted octanol–water partition coefficient (Wildman–Crippen LogP) is 4.57. The highest BCUT2D eigenvalue weighted by molar-refractivity contribution is 4.85. The maximum absolute atomic E-state index is 6.24. The van der Waals surface area contributed by atoms with Crippen LogP contribution in [0.3, 0.4) is 0 Å². The summed E-state index contributed by atoms with van der Waals surface area (Å²) in [5, 5.41) is 0. The van der Waals surface area contributed by atoms with Crippen molar-refractivity contribution in [1.82, 2.24) is 0 Å². The number of ether oxygens (including phenoxy) is 5. The Balaban J connectivity index is 1.54. The van der Waals surface area contributed by atoms with Gasteiger partial charge in [0.1, 0.15) is 0 Å². The van der Waals surface area contributed by atoms with Gasteiger partial charge in [-0.2, -0.15) is 0 Å². The van der Waals surface area contributed by atoms with Crippen LogP contribution in [0.15, 0.2) is 0 Å². The number of hydrogen-bond donors (Lipinski definition) is 0. The molecule has 0 aromatic heterocycles. The van der Waals surface area contributed by atoms with Gasteiger partial charge >= 0.3 is 0 Å². The highest BCUT2D eigenvalue weighted by Gasteiger charge is 2.42. The van der Waals surface area contributed by atoms with Crippen molar-refractivity contribution in [3.05, 3.63) is 0 Å². The van der Waals surface area contributed by atoms with Crippen LogP contribution in [-0.2, 0) is 23.7 Å². The molecule has 0 aromatic carbocycles. The Morgan fingerprint density at radius 1 is 0.692 bits per heavy atom. The monoisotopic (exact) mass is 370 g/mol. The van der Waals surface area contributed by atoms with Gasteiger partial charge in [0.2, 0.25) is 0 Å².